The molecule has 2 heterocycles. The number of ether oxygens (including phenoxy) is 1. The number of carbonyl (C=O) groups excluding carboxylic acids is 1. The summed E-state index contributed by atoms with van der Waals surface area (Å²) in [6.45, 7) is 4.46. The molecule has 0 fully saturated rings. The third-order valence-electron chi connectivity index (χ3n) is 5.24. The average molecular weight is 379 g/mol. The molecule has 0 saturated carbocycles. The second kappa shape index (κ2) is 6.57. The average Bonchev–Trinajstić information content (AvgIpc) is 2.66. The predicted molar refractivity (Wildman–Crippen MR) is 108 cm³/mol. The van der Waals surface area contributed by atoms with Gasteiger partial charge >= 0.3 is 5.97 Å². The highest BCUT2D eigenvalue weighted by atomic mass is 32.1. The van der Waals surface area contributed by atoms with Gasteiger partial charge in [-0.05, 0) is 42.0 Å². The standard InChI is InChI=1S/C22H21NO3S/c1-22(2)9-16(13-8-14(12-23-11-13)21(25)26-3)19-18(10-22)27-17-7-5-4-6-15(17)20(19)24/h4-8,11-12,16H,9-10H2,1-3H3. The monoisotopic (exact) mass is 379 g/mol. The van der Waals surface area contributed by atoms with Crippen LogP contribution in [0.5, 0.6) is 0 Å². The van der Waals surface area contributed by atoms with E-state index in [0.29, 0.717) is 5.56 Å². The van der Waals surface area contributed by atoms with Crippen LogP contribution in [0.25, 0.3) is 10.1 Å². The number of hydrogen-bond acceptors (Lipinski definition) is 5. The molecule has 5 heteroatoms. The van der Waals surface area contributed by atoms with Gasteiger partial charge in [0.25, 0.3) is 0 Å². The Kier molecular flexibility index (Phi) is 4.35. The van der Waals surface area contributed by atoms with Gasteiger partial charge < -0.3 is 4.74 Å². The van der Waals surface area contributed by atoms with E-state index < -0.39 is 5.97 Å². The summed E-state index contributed by atoms with van der Waals surface area (Å²) >= 11 is 1.71. The minimum atomic E-state index is -0.414. The SMILES string of the molecule is COC(=O)c1cncc(C2CC(C)(C)Cc3sc4ccccc4c(=O)c32)c1. The fourth-order valence-electron chi connectivity index (χ4n) is 4.01. The number of carbonyl (C=O) groups is 1. The lowest BCUT2D eigenvalue weighted by molar-refractivity contribution is 0.0600. The molecular weight excluding hydrogens is 358 g/mol. The number of esters is 1. The van der Waals surface area contributed by atoms with E-state index in [-0.39, 0.29) is 16.8 Å². The number of pyridine rings is 1. The molecule has 0 aliphatic heterocycles. The molecule has 138 valence electrons. The zero-order valence-electron chi connectivity index (χ0n) is 15.6. The summed E-state index contributed by atoms with van der Waals surface area (Å²) in [6.07, 6.45) is 4.99. The summed E-state index contributed by atoms with van der Waals surface area (Å²) < 4.78 is 5.86. The minimum absolute atomic E-state index is 0.0599. The second-order valence-electron chi connectivity index (χ2n) is 7.86. The van der Waals surface area contributed by atoms with Crippen molar-refractivity contribution < 1.29 is 9.53 Å². The fraction of sp³-hybridized carbons (Fsp3) is 0.318. The van der Waals surface area contributed by atoms with Crippen molar-refractivity contribution in [2.45, 2.75) is 32.6 Å². The number of rotatable bonds is 2. The van der Waals surface area contributed by atoms with Gasteiger partial charge in [0.1, 0.15) is 0 Å². The summed E-state index contributed by atoms with van der Waals surface area (Å²) in [4.78, 5) is 30.7. The second-order valence-corrected chi connectivity index (χ2v) is 9.00. The molecule has 0 amide bonds. The molecule has 1 aromatic carbocycles. The van der Waals surface area contributed by atoms with E-state index in [9.17, 15) is 9.59 Å². The Morgan fingerprint density at radius 3 is 2.81 bits per heavy atom. The number of methoxy groups -OCH3 is 1. The molecular formula is C22H21NO3S. The lowest BCUT2D eigenvalue weighted by Gasteiger charge is -2.36. The van der Waals surface area contributed by atoms with Crippen LogP contribution in [0.15, 0.2) is 47.5 Å². The summed E-state index contributed by atoms with van der Waals surface area (Å²) in [5.41, 5.74) is 2.33. The Bertz CT molecular complexity index is 1100. The van der Waals surface area contributed by atoms with E-state index in [1.807, 2.05) is 30.3 Å². The lowest BCUT2D eigenvalue weighted by atomic mass is 9.69. The van der Waals surface area contributed by atoms with Gasteiger partial charge in [-0.25, -0.2) is 4.79 Å². The van der Waals surface area contributed by atoms with Crippen LogP contribution in [-0.2, 0) is 11.2 Å². The van der Waals surface area contributed by atoms with Crippen molar-refractivity contribution in [2.75, 3.05) is 7.11 Å². The summed E-state index contributed by atoms with van der Waals surface area (Å²) in [5.74, 6) is -0.488. The first kappa shape index (κ1) is 17.9. The largest absolute Gasteiger partial charge is 0.465 e. The molecule has 1 aliphatic carbocycles. The summed E-state index contributed by atoms with van der Waals surface area (Å²) in [6, 6.07) is 9.60. The molecule has 1 atom stereocenters. The van der Waals surface area contributed by atoms with Crippen molar-refractivity contribution in [1.29, 1.82) is 0 Å². The maximum absolute atomic E-state index is 13.3. The van der Waals surface area contributed by atoms with Crippen molar-refractivity contribution in [3.05, 3.63) is 74.5 Å². The molecule has 27 heavy (non-hydrogen) atoms. The van der Waals surface area contributed by atoms with Crippen LogP contribution in [0.1, 0.15) is 52.5 Å². The zero-order valence-corrected chi connectivity index (χ0v) is 16.4. The highest BCUT2D eigenvalue weighted by molar-refractivity contribution is 7.18. The van der Waals surface area contributed by atoms with E-state index in [1.165, 1.54) is 13.3 Å². The first-order valence-corrected chi connectivity index (χ1v) is 9.79. The maximum atomic E-state index is 13.3. The van der Waals surface area contributed by atoms with Crippen molar-refractivity contribution in [3.8, 4) is 0 Å². The van der Waals surface area contributed by atoms with Crippen LogP contribution in [0.3, 0.4) is 0 Å². The molecule has 0 N–H and O–H groups in total. The smallest absolute Gasteiger partial charge is 0.339 e. The molecule has 4 rings (SSSR count). The van der Waals surface area contributed by atoms with Crippen LogP contribution in [0.2, 0.25) is 0 Å². The number of nitrogens with zero attached hydrogens (tertiary/aromatic N) is 1. The molecule has 2 aromatic heterocycles. The zero-order chi connectivity index (χ0) is 19.2. The molecule has 1 unspecified atom stereocenters. The van der Waals surface area contributed by atoms with E-state index in [4.69, 9.17) is 4.74 Å². The number of aromatic nitrogens is 1. The van der Waals surface area contributed by atoms with Crippen molar-refractivity contribution in [3.63, 3.8) is 0 Å². The normalized spacial score (nSPS) is 18.1. The van der Waals surface area contributed by atoms with E-state index >= 15 is 0 Å². The van der Waals surface area contributed by atoms with Crippen LogP contribution in [-0.4, -0.2) is 18.1 Å². The highest BCUT2D eigenvalue weighted by Crippen LogP contribution is 2.46. The van der Waals surface area contributed by atoms with Gasteiger partial charge in [-0.2, -0.15) is 0 Å². The predicted octanol–water partition coefficient (Wildman–Crippen LogP) is 4.55. The molecule has 1 aliphatic rings. The lowest BCUT2D eigenvalue weighted by Crippen LogP contribution is -2.30. The van der Waals surface area contributed by atoms with Crippen LogP contribution < -0.4 is 5.43 Å². The molecule has 3 aromatic rings. The summed E-state index contributed by atoms with van der Waals surface area (Å²) in [7, 11) is 1.36. The molecule has 0 saturated heterocycles. The van der Waals surface area contributed by atoms with Gasteiger partial charge in [0.05, 0.1) is 12.7 Å². The molecule has 0 bridgehead atoms. The number of fused-ring (bicyclic) bond motifs is 2. The van der Waals surface area contributed by atoms with Crippen molar-refractivity contribution >= 4 is 27.4 Å². The maximum Gasteiger partial charge on any atom is 0.339 e. The highest BCUT2D eigenvalue weighted by Gasteiger charge is 2.36. The van der Waals surface area contributed by atoms with E-state index in [0.717, 1.165) is 38.9 Å². The van der Waals surface area contributed by atoms with Crippen molar-refractivity contribution in [2.24, 2.45) is 5.41 Å². The molecule has 4 nitrogen and oxygen atoms in total. The molecule has 0 spiro atoms. The Hall–Kier alpha value is -2.53. The number of hydrogen-bond donors (Lipinski definition) is 0. The Morgan fingerprint density at radius 1 is 1.26 bits per heavy atom. The summed E-state index contributed by atoms with van der Waals surface area (Å²) in [5, 5.41) is 0.767. The molecule has 0 radical (unpaired) electrons. The number of benzene rings is 1. The first-order valence-electron chi connectivity index (χ1n) is 8.97. The minimum Gasteiger partial charge on any atom is -0.465 e. The van der Waals surface area contributed by atoms with Gasteiger partial charge in [-0.1, -0.05) is 26.0 Å². The van der Waals surface area contributed by atoms with Gasteiger partial charge in [-0.15, -0.1) is 11.3 Å². The topological polar surface area (TPSA) is 56.3 Å². The quantitative estimate of drug-likeness (QED) is 0.613. The Labute approximate surface area is 161 Å². The van der Waals surface area contributed by atoms with Gasteiger partial charge in [0, 0.05) is 38.8 Å². The van der Waals surface area contributed by atoms with Crippen LogP contribution in [0, 0.1) is 5.41 Å². The third kappa shape index (κ3) is 3.16. The van der Waals surface area contributed by atoms with Gasteiger partial charge in [0.15, 0.2) is 5.43 Å². The van der Waals surface area contributed by atoms with Crippen LogP contribution >= 0.6 is 11.3 Å². The first-order chi connectivity index (χ1) is 12.9. The van der Waals surface area contributed by atoms with E-state index in [2.05, 4.69) is 18.8 Å². The fourth-order valence-corrected chi connectivity index (χ4v) is 5.50. The van der Waals surface area contributed by atoms with Crippen molar-refractivity contribution in [1.82, 2.24) is 4.98 Å². The Balaban J connectivity index is 1.94. The third-order valence-corrected chi connectivity index (χ3v) is 6.42. The van der Waals surface area contributed by atoms with Gasteiger partial charge in [0.2, 0.25) is 0 Å². The van der Waals surface area contributed by atoms with E-state index in [1.54, 1.807) is 17.5 Å². The van der Waals surface area contributed by atoms with Crippen LogP contribution in [0.4, 0.5) is 0 Å². The van der Waals surface area contributed by atoms with Gasteiger partial charge in [-0.3, -0.25) is 9.78 Å². The Morgan fingerprint density at radius 2 is 2.04 bits per heavy atom.